The van der Waals surface area contributed by atoms with E-state index < -0.39 is 17.5 Å². The van der Waals surface area contributed by atoms with E-state index in [1.165, 1.54) is 12.3 Å². The number of hydrazone groups is 1. The summed E-state index contributed by atoms with van der Waals surface area (Å²) in [6.07, 6.45) is 1.18. The van der Waals surface area contributed by atoms with E-state index in [0.29, 0.717) is 24.5 Å². The number of amides is 2. The van der Waals surface area contributed by atoms with Crippen LogP contribution in [0.4, 0.5) is 9.18 Å². The Labute approximate surface area is 168 Å². The summed E-state index contributed by atoms with van der Waals surface area (Å²) in [5, 5.41) is 6.48. The van der Waals surface area contributed by atoms with Crippen LogP contribution in [0.15, 0.2) is 11.2 Å². The first-order valence-electron chi connectivity index (χ1n) is 9.03. The van der Waals surface area contributed by atoms with Gasteiger partial charge in [-0.2, -0.15) is 5.10 Å². The van der Waals surface area contributed by atoms with Crippen LogP contribution in [0.1, 0.15) is 51.2 Å². The molecule has 2 amide bonds. The molecule has 1 heterocycles. The van der Waals surface area contributed by atoms with Crippen LogP contribution in [0.25, 0.3) is 0 Å². The molecule has 0 unspecified atom stereocenters. The van der Waals surface area contributed by atoms with Crippen molar-refractivity contribution in [3.05, 3.63) is 28.0 Å². The molecule has 0 spiro atoms. The van der Waals surface area contributed by atoms with Gasteiger partial charge in [0.15, 0.2) is 0 Å². The number of nitrogens with one attached hydrogen (secondary N) is 2. The van der Waals surface area contributed by atoms with Gasteiger partial charge in [-0.25, -0.2) is 14.6 Å². The molecule has 1 aromatic rings. The molecule has 7 nitrogen and oxygen atoms in total. The van der Waals surface area contributed by atoms with Crippen LogP contribution < -0.4 is 15.5 Å². The van der Waals surface area contributed by atoms with Gasteiger partial charge in [-0.3, -0.25) is 4.79 Å². The largest absolute Gasteiger partial charge is 0.493 e. The molecule has 1 aromatic carbocycles. The number of benzene rings is 1. The molecule has 0 bridgehead atoms. The lowest BCUT2D eigenvalue weighted by atomic mass is 9.93. The summed E-state index contributed by atoms with van der Waals surface area (Å²) in [5.74, 6) is -0.728. The molecule has 0 radical (unpaired) electrons. The lowest BCUT2D eigenvalue weighted by Gasteiger charge is -2.19. The standard InChI is InChI=1S/C19H25ClFN3O4/c1-5-27-17-11(6-7-23-24-18(26)28-19(2,3)4)8-13(20)16(21)15(17)12-9-14(25)22-10-12/h7-8,12H,5-6,9-10H2,1-4H3,(H,22,25)(H,24,26)/b23-7+/t12-/m0/s1. The average Bonchev–Trinajstić information content (AvgIpc) is 3.00. The van der Waals surface area contributed by atoms with Crippen LogP contribution in [0, 0.1) is 5.82 Å². The Morgan fingerprint density at radius 3 is 2.79 bits per heavy atom. The van der Waals surface area contributed by atoms with E-state index in [1.54, 1.807) is 27.7 Å². The number of carbonyl (C=O) groups excluding carboxylic acids is 2. The lowest BCUT2D eigenvalue weighted by Crippen LogP contribution is -2.29. The number of hydrogen-bond donors (Lipinski definition) is 2. The van der Waals surface area contributed by atoms with E-state index >= 15 is 0 Å². The zero-order valence-electron chi connectivity index (χ0n) is 16.4. The molecular weight excluding hydrogens is 389 g/mol. The fourth-order valence-corrected chi connectivity index (χ4v) is 3.10. The van der Waals surface area contributed by atoms with Gasteiger partial charge in [0.2, 0.25) is 5.91 Å². The van der Waals surface area contributed by atoms with Crippen molar-refractivity contribution in [1.82, 2.24) is 10.7 Å². The van der Waals surface area contributed by atoms with Gasteiger partial charge in [0.25, 0.3) is 0 Å². The van der Waals surface area contributed by atoms with Gasteiger partial charge in [-0.1, -0.05) is 11.6 Å². The topological polar surface area (TPSA) is 89.0 Å². The Morgan fingerprint density at radius 1 is 1.50 bits per heavy atom. The average molecular weight is 414 g/mol. The van der Waals surface area contributed by atoms with E-state index in [-0.39, 0.29) is 35.3 Å². The van der Waals surface area contributed by atoms with E-state index in [2.05, 4.69) is 15.8 Å². The molecule has 0 saturated carbocycles. The fourth-order valence-electron chi connectivity index (χ4n) is 2.87. The van der Waals surface area contributed by atoms with Gasteiger partial charge in [-0.05, 0) is 33.8 Å². The highest BCUT2D eigenvalue weighted by atomic mass is 35.5. The van der Waals surface area contributed by atoms with E-state index in [1.807, 2.05) is 0 Å². The van der Waals surface area contributed by atoms with Crippen LogP contribution in [-0.4, -0.2) is 37.0 Å². The van der Waals surface area contributed by atoms with Crippen LogP contribution in [0.2, 0.25) is 5.02 Å². The summed E-state index contributed by atoms with van der Waals surface area (Å²) in [7, 11) is 0. The van der Waals surface area contributed by atoms with Crippen molar-refractivity contribution >= 4 is 29.8 Å². The van der Waals surface area contributed by atoms with Gasteiger partial charge in [0, 0.05) is 42.6 Å². The quantitative estimate of drug-likeness (QED) is 0.551. The van der Waals surface area contributed by atoms with Crippen molar-refractivity contribution in [1.29, 1.82) is 0 Å². The van der Waals surface area contributed by atoms with Crippen molar-refractivity contribution in [2.24, 2.45) is 5.10 Å². The predicted molar refractivity (Wildman–Crippen MR) is 105 cm³/mol. The number of carbonyl (C=O) groups is 2. The summed E-state index contributed by atoms with van der Waals surface area (Å²) in [5.41, 5.74) is 2.53. The van der Waals surface area contributed by atoms with Crippen molar-refractivity contribution < 1.29 is 23.5 Å². The number of nitrogens with zero attached hydrogens (tertiary/aromatic N) is 1. The molecule has 0 aliphatic carbocycles. The molecule has 0 aromatic heterocycles. The molecule has 2 N–H and O–H groups in total. The SMILES string of the molecule is CCOc1c(C/C=N/NC(=O)OC(C)(C)C)cc(Cl)c(F)c1[C@@H]1CNC(=O)C1. The predicted octanol–water partition coefficient (Wildman–Crippen LogP) is 3.53. The molecule has 1 saturated heterocycles. The second-order valence-corrected chi connectivity index (χ2v) is 7.75. The zero-order valence-corrected chi connectivity index (χ0v) is 17.2. The van der Waals surface area contributed by atoms with Crippen LogP contribution in [0.5, 0.6) is 5.75 Å². The molecule has 2 rings (SSSR count). The minimum absolute atomic E-state index is 0.0543. The number of ether oxygens (including phenoxy) is 2. The maximum absolute atomic E-state index is 14.7. The summed E-state index contributed by atoms with van der Waals surface area (Å²) < 4.78 is 25.5. The molecule has 1 aliphatic heterocycles. The Bertz CT molecular complexity index is 777. The third kappa shape index (κ3) is 5.82. The molecule has 9 heteroatoms. The highest BCUT2D eigenvalue weighted by molar-refractivity contribution is 6.31. The van der Waals surface area contributed by atoms with Gasteiger partial charge in [0.05, 0.1) is 11.6 Å². The Hall–Kier alpha value is -2.35. The van der Waals surface area contributed by atoms with E-state index in [9.17, 15) is 14.0 Å². The third-order valence-electron chi connectivity index (χ3n) is 3.91. The molecule has 1 fully saturated rings. The monoisotopic (exact) mass is 413 g/mol. The zero-order chi connectivity index (χ0) is 20.9. The van der Waals surface area contributed by atoms with Crippen LogP contribution in [-0.2, 0) is 16.0 Å². The first-order chi connectivity index (χ1) is 13.1. The molecule has 1 aliphatic rings. The van der Waals surface area contributed by atoms with Crippen molar-refractivity contribution in [3.8, 4) is 5.75 Å². The van der Waals surface area contributed by atoms with Crippen LogP contribution in [0.3, 0.4) is 0 Å². The minimum atomic E-state index is -0.679. The van der Waals surface area contributed by atoms with Gasteiger partial charge in [0.1, 0.15) is 17.2 Å². The summed E-state index contributed by atoms with van der Waals surface area (Å²) in [4.78, 5) is 23.2. The summed E-state index contributed by atoms with van der Waals surface area (Å²) in [6.45, 7) is 7.67. The minimum Gasteiger partial charge on any atom is -0.493 e. The third-order valence-corrected chi connectivity index (χ3v) is 4.19. The van der Waals surface area contributed by atoms with Gasteiger partial charge < -0.3 is 14.8 Å². The first-order valence-corrected chi connectivity index (χ1v) is 9.41. The second-order valence-electron chi connectivity index (χ2n) is 7.34. The maximum atomic E-state index is 14.7. The fraction of sp³-hybridized carbons (Fsp3) is 0.526. The molecular formula is C19H25ClFN3O4. The maximum Gasteiger partial charge on any atom is 0.428 e. The van der Waals surface area contributed by atoms with Crippen molar-refractivity contribution in [2.45, 2.75) is 52.1 Å². The Kier molecular flexibility index (Phi) is 7.23. The lowest BCUT2D eigenvalue weighted by molar-refractivity contribution is -0.119. The number of rotatable bonds is 6. The van der Waals surface area contributed by atoms with E-state index in [0.717, 1.165) is 0 Å². The Morgan fingerprint density at radius 2 is 2.21 bits per heavy atom. The normalized spacial score (nSPS) is 16.9. The van der Waals surface area contributed by atoms with Gasteiger partial charge >= 0.3 is 6.09 Å². The van der Waals surface area contributed by atoms with Crippen molar-refractivity contribution in [2.75, 3.05) is 13.2 Å². The molecule has 154 valence electrons. The molecule has 28 heavy (non-hydrogen) atoms. The highest BCUT2D eigenvalue weighted by Crippen LogP contribution is 2.39. The van der Waals surface area contributed by atoms with Crippen molar-refractivity contribution in [3.63, 3.8) is 0 Å². The van der Waals surface area contributed by atoms with Gasteiger partial charge in [-0.15, -0.1) is 0 Å². The van der Waals surface area contributed by atoms with E-state index in [4.69, 9.17) is 21.1 Å². The number of hydrogen-bond acceptors (Lipinski definition) is 5. The highest BCUT2D eigenvalue weighted by Gasteiger charge is 2.31. The molecule has 1 atom stereocenters. The number of halogens is 2. The summed E-state index contributed by atoms with van der Waals surface area (Å²) >= 11 is 6.07. The Balaban J connectivity index is 2.21. The van der Waals surface area contributed by atoms with Crippen LogP contribution >= 0.6 is 11.6 Å². The summed E-state index contributed by atoms with van der Waals surface area (Å²) in [6, 6.07) is 1.47. The first kappa shape index (κ1) is 21.9. The smallest absolute Gasteiger partial charge is 0.428 e. The second kappa shape index (κ2) is 9.23.